The third-order valence-corrected chi connectivity index (χ3v) is 3.16. The SMILES string of the molecule is Cc1cc(C(C)(C)C)n(C2CCOCC2)n1. The van der Waals surface area contributed by atoms with E-state index in [9.17, 15) is 0 Å². The van der Waals surface area contributed by atoms with Crippen molar-refractivity contribution in [2.75, 3.05) is 13.2 Å². The molecule has 1 aliphatic heterocycles. The van der Waals surface area contributed by atoms with E-state index in [4.69, 9.17) is 4.74 Å². The summed E-state index contributed by atoms with van der Waals surface area (Å²) in [5.74, 6) is 0. The van der Waals surface area contributed by atoms with E-state index in [-0.39, 0.29) is 5.41 Å². The minimum Gasteiger partial charge on any atom is -0.381 e. The van der Waals surface area contributed by atoms with Crippen LogP contribution in [0.15, 0.2) is 6.07 Å². The van der Waals surface area contributed by atoms with Crippen molar-refractivity contribution in [2.45, 2.75) is 52.0 Å². The van der Waals surface area contributed by atoms with Crippen molar-refractivity contribution >= 4 is 0 Å². The number of rotatable bonds is 1. The highest BCUT2D eigenvalue weighted by Gasteiger charge is 2.25. The van der Waals surface area contributed by atoms with E-state index in [1.54, 1.807) is 0 Å². The van der Waals surface area contributed by atoms with Gasteiger partial charge < -0.3 is 4.74 Å². The average Bonchev–Trinajstić information content (AvgIpc) is 2.61. The van der Waals surface area contributed by atoms with Crippen molar-refractivity contribution in [3.63, 3.8) is 0 Å². The zero-order valence-electron chi connectivity index (χ0n) is 10.8. The fraction of sp³-hybridized carbons (Fsp3) is 0.769. The van der Waals surface area contributed by atoms with Gasteiger partial charge in [0, 0.05) is 24.3 Å². The lowest BCUT2D eigenvalue weighted by molar-refractivity contribution is 0.0645. The third kappa shape index (κ3) is 2.29. The molecule has 3 nitrogen and oxygen atoms in total. The van der Waals surface area contributed by atoms with E-state index in [0.717, 1.165) is 31.7 Å². The molecule has 90 valence electrons. The van der Waals surface area contributed by atoms with Gasteiger partial charge in [0.2, 0.25) is 0 Å². The van der Waals surface area contributed by atoms with Gasteiger partial charge in [0.05, 0.1) is 11.7 Å². The van der Waals surface area contributed by atoms with E-state index >= 15 is 0 Å². The summed E-state index contributed by atoms with van der Waals surface area (Å²) in [5, 5.41) is 4.66. The van der Waals surface area contributed by atoms with Crippen molar-refractivity contribution in [1.82, 2.24) is 9.78 Å². The van der Waals surface area contributed by atoms with Crippen LogP contribution in [0.2, 0.25) is 0 Å². The first-order valence-electron chi connectivity index (χ1n) is 6.13. The molecule has 0 saturated carbocycles. The normalized spacial score (nSPS) is 19.0. The van der Waals surface area contributed by atoms with Crippen LogP contribution < -0.4 is 0 Å². The van der Waals surface area contributed by atoms with Crippen LogP contribution in [0.1, 0.15) is 51.0 Å². The summed E-state index contributed by atoms with van der Waals surface area (Å²) in [6.45, 7) is 10.6. The summed E-state index contributed by atoms with van der Waals surface area (Å²) >= 11 is 0. The van der Waals surface area contributed by atoms with Crippen LogP contribution in [0.4, 0.5) is 0 Å². The highest BCUT2D eigenvalue weighted by atomic mass is 16.5. The maximum Gasteiger partial charge on any atom is 0.0596 e. The molecular weight excluding hydrogens is 200 g/mol. The Morgan fingerprint density at radius 2 is 1.94 bits per heavy atom. The van der Waals surface area contributed by atoms with Gasteiger partial charge in [-0.25, -0.2) is 0 Å². The van der Waals surface area contributed by atoms with Crippen molar-refractivity contribution in [1.29, 1.82) is 0 Å². The second-order valence-electron chi connectivity index (χ2n) is 5.71. The molecule has 0 amide bonds. The van der Waals surface area contributed by atoms with E-state index < -0.39 is 0 Å². The molecule has 16 heavy (non-hydrogen) atoms. The predicted octanol–water partition coefficient (Wildman–Crippen LogP) is 2.84. The highest BCUT2D eigenvalue weighted by Crippen LogP contribution is 2.29. The smallest absolute Gasteiger partial charge is 0.0596 e. The largest absolute Gasteiger partial charge is 0.381 e. The molecule has 2 rings (SSSR count). The third-order valence-electron chi connectivity index (χ3n) is 3.16. The number of hydrogen-bond acceptors (Lipinski definition) is 2. The van der Waals surface area contributed by atoms with E-state index in [1.165, 1.54) is 5.69 Å². The van der Waals surface area contributed by atoms with Crippen molar-refractivity contribution in [3.05, 3.63) is 17.5 Å². The van der Waals surface area contributed by atoms with Crippen LogP contribution in [0.5, 0.6) is 0 Å². The van der Waals surface area contributed by atoms with Crippen LogP contribution in [0.25, 0.3) is 0 Å². The van der Waals surface area contributed by atoms with Gasteiger partial charge in [-0.05, 0) is 25.8 Å². The van der Waals surface area contributed by atoms with Gasteiger partial charge in [-0.15, -0.1) is 0 Å². The van der Waals surface area contributed by atoms with Gasteiger partial charge in [-0.3, -0.25) is 4.68 Å². The lowest BCUT2D eigenvalue weighted by atomic mass is 9.91. The summed E-state index contributed by atoms with van der Waals surface area (Å²) in [6.07, 6.45) is 2.17. The molecule has 3 heteroatoms. The van der Waals surface area contributed by atoms with Gasteiger partial charge >= 0.3 is 0 Å². The first-order chi connectivity index (χ1) is 7.48. The average molecular weight is 222 g/mol. The lowest BCUT2D eigenvalue weighted by Crippen LogP contribution is -2.26. The molecule has 1 saturated heterocycles. The molecule has 1 fully saturated rings. The molecule has 1 aromatic heterocycles. The lowest BCUT2D eigenvalue weighted by Gasteiger charge is -2.28. The van der Waals surface area contributed by atoms with Crippen LogP contribution in [-0.2, 0) is 10.2 Å². The molecule has 1 aliphatic rings. The predicted molar refractivity (Wildman–Crippen MR) is 64.8 cm³/mol. The molecule has 0 bridgehead atoms. The number of nitrogens with zero attached hydrogens (tertiary/aromatic N) is 2. The Morgan fingerprint density at radius 3 is 2.50 bits per heavy atom. The molecule has 1 aromatic rings. The van der Waals surface area contributed by atoms with Crippen molar-refractivity contribution in [3.8, 4) is 0 Å². The molecule has 0 atom stereocenters. The molecule has 0 aliphatic carbocycles. The minimum atomic E-state index is 0.166. The molecule has 0 unspecified atom stereocenters. The Hall–Kier alpha value is -0.830. The van der Waals surface area contributed by atoms with Crippen molar-refractivity contribution in [2.24, 2.45) is 0 Å². The fourth-order valence-electron chi connectivity index (χ4n) is 2.28. The summed E-state index contributed by atoms with van der Waals surface area (Å²) in [4.78, 5) is 0. The molecular formula is C13H22N2O. The van der Waals surface area contributed by atoms with Gasteiger partial charge in [0.1, 0.15) is 0 Å². The van der Waals surface area contributed by atoms with E-state index in [1.807, 2.05) is 0 Å². The fourth-order valence-corrected chi connectivity index (χ4v) is 2.28. The Kier molecular flexibility index (Phi) is 3.06. The Bertz CT molecular complexity index is 356. The second-order valence-corrected chi connectivity index (χ2v) is 5.71. The molecule has 0 spiro atoms. The van der Waals surface area contributed by atoms with Crippen LogP contribution in [0, 0.1) is 6.92 Å². The quantitative estimate of drug-likeness (QED) is 0.730. The maximum absolute atomic E-state index is 5.41. The second kappa shape index (κ2) is 4.21. The summed E-state index contributed by atoms with van der Waals surface area (Å²) in [6, 6.07) is 2.74. The number of aromatic nitrogens is 2. The summed E-state index contributed by atoms with van der Waals surface area (Å²) < 4.78 is 7.65. The number of ether oxygens (including phenoxy) is 1. The first kappa shape index (κ1) is 11.6. The zero-order valence-corrected chi connectivity index (χ0v) is 10.8. The number of aryl methyl sites for hydroxylation is 1. The number of hydrogen-bond donors (Lipinski definition) is 0. The standard InChI is InChI=1S/C13H22N2O/c1-10-9-12(13(2,3)4)15(14-10)11-5-7-16-8-6-11/h9,11H,5-8H2,1-4H3. The van der Waals surface area contributed by atoms with Crippen LogP contribution in [0.3, 0.4) is 0 Å². The topological polar surface area (TPSA) is 27.1 Å². The summed E-state index contributed by atoms with van der Waals surface area (Å²) in [7, 11) is 0. The first-order valence-corrected chi connectivity index (χ1v) is 6.13. The Morgan fingerprint density at radius 1 is 1.31 bits per heavy atom. The van der Waals surface area contributed by atoms with Gasteiger partial charge in [-0.2, -0.15) is 5.10 Å². The maximum atomic E-state index is 5.41. The molecule has 0 radical (unpaired) electrons. The minimum absolute atomic E-state index is 0.166. The highest BCUT2D eigenvalue weighted by molar-refractivity contribution is 5.18. The van der Waals surface area contributed by atoms with Gasteiger partial charge in [-0.1, -0.05) is 20.8 Å². The van der Waals surface area contributed by atoms with E-state index in [0.29, 0.717) is 6.04 Å². The Labute approximate surface area is 97.8 Å². The molecule has 0 N–H and O–H groups in total. The van der Waals surface area contributed by atoms with E-state index in [2.05, 4.69) is 43.5 Å². The summed E-state index contributed by atoms with van der Waals surface area (Å²) in [5.41, 5.74) is 2.63. The zero-order chi connectivity index (χ0) is 11.8. The molecule has 0 aromatic carbocycles. The van der Waals surface area contributed by atoms with Gasteiger partial charge in [0.25, 0.3) is 0 Å². The molecule has 2 heterocycles. The van der Waals surface area contributed by atoms with Gasteiger partial charge in [0.15, 0.2) is 0 Å². The van der Waals surface area contributed by atoms with Crippen molar-refractivity contribution < 1.29 is 4.74 Å². The monoisotopic (exact) mass is 222 g/mol. The Balaban J connectivity index is 2.31. The van der Waals surface area contributed by atoms with Crippen LogP contribution >= 0.6 is 0 Å². The van der Waals surface area contributed by atoms with Crippen LogP contribution in [-0.4, -0.2) is 23.0 Å².